The number of allylic oxidation sites excluding steroid dienone is 8. The summed E-state index contributed by atoms with van der Waals surface area (Å²) < 4.78 is 30.9. The van der Waals surface area contributed by atoms with Gasteiger partial charge in [-0.05, 0) is 48.3 Å². The highest BCUT2D eigenvalue weighted by Crippen LogP contribution is 2.47. The molecule has 0 fully saturated rings. The van der Waals surface area contributed by atoms with E-state index in [-0.39, 0.29) is 17.0 Å². The van der Waals surface area contributed by atoms with Crippen LogP contribution in [-0.4, -0.2) is 31.1 Å². The summed E-state index contributed by atoms with van der Waals surface area (Å²) >= 11 is 0. The monoisotopic (exact) mass is 399 g/mol. The summed E-state index contributed by atoms with van der Waals surface area (Å²) in [7, 11) is -3.93. The summed E-state index contributed by atoms with van der Waals surface area (Å²) in [6.45, 7) is 5.00. The molecule has 0 amide bonds. The highest BCUT2D eigenvalue weighted by molar-refractivity contribution is 7.85. The maximum Gasteiger partial charge on any atom is 0.264 e. The van der Waals surface area contributed by atoms with Crippen LogP contribution in [0.2, 0.25) is 0 Å². The van der Waals surface area contributed by atoms with E-state index < -0.39 is 10.1 Å². The van der Waals surface area contributed by atoms with E-state index in [1.165, 1.54) is 5.56 Å². The Kier molecular flexibility index (Phi) is 5.72. The number of hydrogen-bond acceptors (Lipinski definition) is 4. The molecule has 1 N–H and O–H groups in total. The lowest BCUT2D eigenvalue weighted by Crippen LogP contribution is -2.27. The van der Waals surface area contributed by atoms with Crippen molar-refractivity contribution in [1.82, 2.24) is 0 Å². The summed E-state index contributed by atoms with van der Waals surface area (Å²) in [5.41, 5.74) is 4.21. The topological polar surface area (TPSA) is 74.7 Å². The number of anilines is 1. The molecule has 0 aromatic heterocycles. The van der Waals surface area contributed by atoms with E-state index in [1.54, 1.807) is 24.3 Å². The van der Waals surface area contributed by atoms with Gasteiger partial charge in [0.2, 0.25) is 0 Å². The van der Waals surface area contributed by atoms with E-state index in [2.05, 4.69) is 37.0 Å². The molecular weight excluding hydrogens is 374 g/mol. The average Bonchev–Trinajstić information content (AvgIpc) is 2.85. The molecule has 0 unspecified atom stereocenters. The van der Waals surface area contributed by atoms with Crippen molar-refractivity contribution in [2.45, 2.75) is 32.1 Å². The zero-order valence-electron chi connectivity index (χ0n) is 16.1. The van der Waals surface area contributed by atoms with Gasteiger partial charge in [0, 0.05) is 23.3 Å². The van der Waals surface area contributed by atoms with Gasteiger partial charge in [-0.25, -0.2) is 0 Å². The highest BCUT2D eigenvalue weighted by atomic mass is 32.2. The largest absolute Gasteiger partial charge is 0.344 e. The maximum absolute atomic E-state index is 11.3. The molecule has 0 saturated heterocycles. The third-order valence-corrected chi connectivity index (χ3v) is 5.95. The first-order valence-corrected chi connectivity index (χ1v) is 10.9. The summed E-state index contributed by atoms with van der Waals surface area (Å²) in [5, 5.41) is 0. The van der Waals surface area contributed by atoms with Gasteiger partial charge >= 0.3 is 0 Å². The second-order valence-corrected chi connectivity index (χ2v) is 9.15. The van der Waals surface area contributed by atoms with Crippen LogP contribution in [0.3, 0.4) is 0 Å². The smallest absolute Gasteiger partial charge is 0.264 e. The van der Waals surface area contributed by atoms with Crippen LogP contribution in [0, 0.1) is 0 Å². The quantitative estimate of drug-likeness (QED) is 0.579. The predicted octanol–water partition coefficient (Wildman–Crippen LogP) is 3.96. The van der Waals surface area contributed by atoms with Crippen molar-refractivity contribution in [1.29, 1.82) is 0 Å². The van der Waals surface area contributed by atoms with Crippen LogP contribution in [0.5, 0.6) is 0 Å². The number of carbonyl (C=O) groups excluding carboxylic acids is 1. The lowest BCUT2D eigenvalue weighted by molar-refractivity contribution is -0.110. The molecule has 1 aromatic carbocycles. The van der Waals surface area contributed by atoms with Crippen LogP contribution in [0.1, 0.15) is 32.3 Å². The number of nitrogens with zero attached hydrogens (tertiary/aromatic N) is 1. The van der Waals surface area contributed by atoms with Crippen molar-refractivity contribution in [3.05, 3.63) is 77.6 Å². The molecule has 1 aromatic rings. The zero-order valence-corrected chi connectivity index (χ0v) is 16.9. The van der Waals surface area contributed by atoms with Crippen LogP contribution in [-0.2, 0) is 20.3 Å². The minimum atomic E-state index is -3.93. The number of hydrogen-bond donors (Lipinski definition) is 1. The first-order chi connectivity index (χ1) is 13.2. The van der Waals surface area contributed by atoms with E-state index in [1.807, 2.05) is 18.2 Å². The molecule has 0 radical (unpaired) electrons. The molecule has 148 valence electrons. The van der Waals surface area contributed by atoms with Crippen molar-refractivity contribution in [2.75, 3.05) is 17.2 Å². The van der Waals surface area contributed by atoms with Crippen molar-refractivity contribution in [3.63, 3.8) is 0 Å². The number of rotatable bonds is 6. The van der Waals surface area contributed by atoms with E-state index in [0.717, 1.165) is 17.0 Å². The maximum atomic E-state index is 11.3. The van der Waals surface area contributed by atoms with Gasteiger partial charge in [-0.15, -0.1) is 0 Å². The fourth-order valence-electron chi connectivity index (χ4n) is 3.69. The van der Waals surface area contributed by atoms with Crippen molar-refractivity contribution in [3.8, 4) is 0 Å². The van der Waals surface area contributed by atoms with E-state index in [4.69, 9.17) is 4.55 Å². The lowest BCUT2D eigenvalue weighted by atomic mass is 9.83. The average molecular weight is 400 g/mol. The Labute approximate surface area is 166 Å². The van der Waals surface area contributed by atoms with Crippen LogP contribution < -0.4 is 4.90 Å². The van der Waals surface area contributed by atoms with E-state index >= 15 is 0 Å². The van der Waals surface area contributed by atoms with Crippen LogP contribution in [0.25, 0.3) is 0 Å². The van der Waals surface area contributed by atoms with Gasteiger partial charge in [0.25, 0.3) is 10.1 Å². The first kappa shape index (κ1) is 20.3. The minimum Gasteiger partial charge on any atom is -0.344 e. The molecule has 0 atom stereocenters. The Balaban J connectivity index is 1.88. The highest BCUT2D eigenvalue weighted by Gasteiger charge is 2.39. The Morgan fingerprint density at radius 3 is 2.39 bits per heavy atom. The Morgan fingerprint density at radius 2 is 1.71 bits per heavy atom. The van der Waals surface area contributed by atoms with Crippen LogP contribution in [0.4, 0.5) is 5.69 Å². The van der Waals surface area contributed by atoms with Crippen LogP contribution >= 0.6 is 0 Å². The van der Waals surface area contributed by atoms with E-state index in [9.17, 15) is 13.2 Å². The van der Waals surface area contributed by atoms with E-state index in [0.29, 0.717) is 19.4 Å². The molecule has 0 saturated carbocycles. The third-order valence-electron chi connectivity index (χ3n) is 5.15. The molecule has 1 heterocycles. The molecule has 6 heteroatoms. The van der Waals surface area contributed by atoms with Gasteiger partial charge in [-0.2, -0.15) is 8.42 Å². The standard InChI is InChI=1S/C22H25NO4S/c1-22(2)19-7-3-4-8-20(19)23(15-5-6-16-28(25,26)27)21(22)14-11-17-9-12-18(24)13-10-17/h3-4,7-14H,5-6,15-16H2,1-2H3,(H,25,26,27). The summed E-state index contributed by atoms with van der Waals surface area (Å²) in [5.74, 6) is -0.239. The number of para-hydroxylation sites is 1. The summed E-state index contributed by atoms with van der Waals surface area (Å²) in [6, 6.07) is 8.22. The molecule has 2 aliphatic rings. The van der Waals surface area contributed by atoms with Gasteiger partial charge in [0.1, 0.15) is 0 Å². The molecule has 0 spiro atoms. The third kappa shape index (κ3) is 4.51. The molecule has 0 bridgehead atoms. The number of ketones is 1. The molecular formula is C22H25NO4S. The normalized spacial score (nSPS) is 19.4. The van der Waals surface area contributed by atoms with Crippen molar-refractivity contribution < 1.29 is 17.8 Å². The summed E-state index contributed by atoms with van der Waals surface area (Å²) in [6.07, 6.45) is 11.8. The van der Waals surface area contributed by atoms with Gasteiger partial charge in [0.05, 0.1) is 5.75 Å². The molecule has 1 aliphatic heterocycles. The van der Waals surface area contributed by atoms with Gasteiger partial charge in [-0.1, -0.05) is 50.3 Å². The molecule has 1 aliphatic carbocycles. The predicted molar refractivity (Wildman–Crippen MR) is 112 cm³/mol. The van der Waals surface area contributed by atoms with Crippen LogP contribution in [0.15, 0.2) is 72.0 Å². The zero-order chi connectivity index (χ0) is 20.4. The fraction of sp³-hybridized carbons (Fsp3) is 0.318. The lowest BCUT2D eigenvalue weighted by Gasteiger charge is -2.27. The minimum absolute atomic E-state index is 0.0149. The van der Waals surface area contributed by atoms with Crippen molar-refractivity contribution >= 4 is 21.6 Å². The number of benzene rings is 1. The summed E-state index contributed by atoms with van der Waals surface area (Å²) in [4.78, 5) is 13.5. The van der Waals surface area contributed by atoms with Crippen molar-refractivity contribution in [2.24, 2.45) is 0 Å². The Bertz CT molecular complexity index is 979. The molecule has 28 heavy (non-hydrogen) atoms. The number of unbranched alkanes of at least 4 members (excludes halogenated alkanes) is 1. The SMILES string of the molecule is CC1(C)C(=CC=C2C=CC(=O)C=C2)N(CCCCS(=O)(=O)O)c2ccccc21. The first-order valence-electron chi connectivity index (χ1n) is 9.33. The second-order valence-electron chi connectivity index (χ2n) is 7.57. The van der Waals surface area contributed by atoms with Gasteiger partial charge in [-0.3, -0.25) is 9.35 Å². The second kappa shape index (κ2) is 7.89. The Hall–Kier alpha value is -2.44. The molecule has 5 nitrogen and oxygen atoms in total. The van der Waals surface area contributed by atoms with Gasteiger partial charge < -0.3 is 4.90 Å². The molecule has 3 rings (SSSR count). The fourth-order valence-corrected chi connectivity index (χ4v) is 4.26. The number of carbonyl (C=O) groups is 1. The number of fused-ring (bicyclic) bond motifs is 1. The Morgan fingerprint density at radius 1 is 1.04 bits per heavy atom. The van der Waals surface area contributed by atoms with Gasteiger partial charge in [0.15, 0.2) is 5.78 Å².